The predicted molar refractivity (Wildman–Crippen MR) is 118 cm³/mol. The third kappa shape index (κ3) is 3.10. The van der Waals surface area contributed by atoms with E-state index in [0.29, 0.717) is 5.92 Å². The summed E-state index contributed by atoms with van der Waals surface area (Å²) < 4.78 is 0. The van der Waals surface area contributed by atoms with Crippen molar-refractivity contribution in [3.8, 4) is 11.1 Å². The van der Waals surface area contributed by atoms with Gasteiger partial charge in [-0.1, -0.05) is 24.3 Å². The molecule has 0 unspecified atom stereocenters. The Morgan fingerprint density at radius 1 is 1.10 bits per heavy atom. The summed E-state index contributed by atoms with van der Waals surface area (Å²) in [5.74, 6) is 0.437. The number of likely N-dealkylation sites (N-methyl/N-ethyl adjacent to an activating group) is 1. The lowest BCUT2D eigenvalue weighted by atomic mass is 9.77. The number of nitrogens with two attached hydrogens (primary N) is 1. The van der Waals surface area contributed by atoms with Crippen LogP contribution in [0.25, 0.3) is 11.1 Å². The van der Waals surface area contributed by atoms with E-state index in [9.17, 15) is 4.79 Å². The van der Waals surface area contributed by atoms with E-state index in [4.69, 9.17) is 10.7 Å². The first kappa shape index (κ1) is 18.9. The van der Waals surface area contributed by atoms with Gasteiger partial charge in [0.05, 0.1) is 5.92 Å². The summed E-state index contributed by atoms with van der Waals surface area (Å²) >= 11 is 1.58. The summed E-state index contributed by atoms with van der Waals surface area (Å²) in [6, 6.07) is 10.6. The number of benzene rings is 1. The van der Waals surface area contributed by atoms with Gasteiger partial charge in [0.1, 0.15) is 11.9 Å². The van der Waals surface area contributed by atoms with Crippen molar-refractivity contribution in [1.82, 2.24) is 14.9 Å². The highest BCUT2D eigenvalue weighted by molar-refractivity contribution is 7.10. The molecule has 1 aliphatic heterocycles. The SMILES string of the molecule is CN1C(=O)[C@H](c2ccc(C3CC3)cc2)[C@@](C)(c2cc(-c3cncnc3)cs2)N=C1N. The number of guanidine groups is 1. The van der Waals surface area contributed by atoms with E-state index >= 15 is 0 Å². The average Bonchev–Trinajstić information content (AvgIpc) is 3.48. The molecule has 3 heterocycles. The zero-order chi connectivity index (χ0) is 20.9. The number of hydrogen-bond donors (Lipinski definition) is 1. The van der Waals surface area contributed by atoms with Gasteiger partial charge in [-0.3, -0.25) is 9.69 Å². The summed E-state index contributed by atoms with van der Waals surface area (Å²) in [6.45, 7) is 2.00. The van der Waals surface area contributed by atoms with Gasteiger partial charge in [0, 0.05) is 29.9 Å². The summed E-state index contributed by atoms with van der Waals surface area (Å²) in [4.78, 5) is 28.9. The predicted octanol–water partition coefficient (Wildman–Crippen LogP) is 3.87. The van der Waals surface area contributed by atoms with Crippen molar-refractivity contribution in [2.45, 2.75) is 37.1 Å². The molecule has 0 radical (unpaired) electrons. The van der Waals surface area contributed by atoms with Gasteiger partial charge in [0.25, 0.3) is 0 Å². The summed E-state index contributed by atoms with van der Waals surface area (Å²) in [5, 5.41) is 2.06. The van der Waals surface area contributed by atoms with Crippen LogP contribution in [-0.4, -0.2) is 33.8 Å². The minimum Gasteiger partial charge on any atom is -0.369 e. The molecule has 0 spiro atoms. The van der Waals surface area contributed by atoms with Crippen LogP contribution in [0.3, 0.4) is 0 Å². The molecule has 0 saturated heterocycles. The van der Waals surface area contributed by atoms with E-state index in [1.54, 1.807) is 30.8 Å². The zero-order valence-electron chi connectivity index (χ0n) is 16.9. The van der Waals surface area contributed by atoms with E-state index in [1.807, 2.05) is 6.92 Å². The Bertz CT molecular complexity index is 1120. The van der Waals surface area contributed by atoms with Gasteiger partial charge < -0.3 is 5.73 Å². The maximum absolute atomic E-state index is 13.4. The fourth-order valence-electron chi connectivity index (χ4n) is 4.17. The number of aliphatic imine (C=N–C) groups is 1. The first-order valence-corrected chi connectivity index (χ1v) is 10.9. The first-order chi connectivity index (χ1) is 14.5. The van der Waals surface area contributed by atoms with Crippen molar-refractivity contribution in [2.75, 3.05) is 7.05 Å². The molecule has 3 aromatic rings. The lowest BCUT2D eigenvalue weighted by molar-refractivity contribution is -0.130. The molecule has 1 aliphatic carbocycles. The van der Waals surface area contributed by atoms with Crippen LogP contribution in [0.5, 0.6) is 0 Å². The number of carbonyl (C=O) groups is 1. The summed E-state index contributed by atoms with van der Waals surface area (Å²) in [7, 11) is 1.69. The molecule has 2 N–H and O–H groups in total. The molecule has 2 aliphatic rings. The van der Waals surface area contributed by atoms with Gasteiger partial charge in [-0.25, -0.2) is 15.0 Å². The Hall–Kier alpha value is -3.06. The molecule has 1 aromatic carbocycles. The second-order valence-electron chi connectivity index (χ2n) is 8.22. The van der Waals surface area contributed by atoms with E-state index in [0.717, 1.165) is 21.6 Å². The van der Waals surface area contributed by atoms with Crippen molar-refractivity contribution in [2.24, 2.45) is 10.7 Å². The molecule has 2 aromatic heterocycles. The quantitative estimate of drug-likeness (QED) is 0.698. The molecule has 0 bridgehead atoms. The van der Waals surface area contributed by atoms with Crippen molar-refractivity contribution < 1.29 is 4.79 Å². The molecule has 7 heteroatoms. The van der Waals surface area contributed by atoms with E-state index < -0.39 is 11.5 Å². The maximum Gasteiger partial charge on any atom is 0.239 e. The van der Waals surface area contributed by atoms with Gasteiger partial charge in [-0.05, 0) is 53.8 Å². The van der Waals surface area contributed by atoms with Gasteiger partial charge in [0.15, 0.2) is 5.96 Å². The molecule has 1 amide bonds. The van der Waals surface area contributed by atoms with Gasteiger partial charge in [0.2, 0.25) is 5.91 Å². The minimum atomic E-state index is -0.784. The van der Waals surface area contributed by atoms with Crippen LogP contribution in [-0.2, 0) is 10.3 Å². The van der Waals surface area contributed by atoms with Crippen LogP contribution >= 0.6 is 11.3 Å². The smallest absolute Gasteiger partial charge is 0.239 e. The second kappa shape index (κ2) is 7.02. The van der Waals surface area contributed by atoms with Crippen molar-refractivity contribution in [3.05, 3.63) is 70.4 Å². The maximum atomic E-state index is 13.4. The number of amides is 1. The number of rotatable bonds is 4. The third-order valence-corrected chi connectivity index (χ3v) is 7.30. The highest BCUT2D eigenvalue weighted by atomic mass is 32.1. The molecule has 1 saturated carbocycles. The Kier molecular flexibility index (Phi) is 4.43. The van der Waals surface area contributed by atoms with Crippen LogP contribution in [0.2, 0.25) is 0 Å². The highest BCUT2D eigenvalue weighted by Gasteiger charge is 2.48. The molecule has 30 heavy (non-hydrogen) atoms. The fourth-order valence-corrected chi connectivity index (χ4v) is 5.22. The van der Waals surface area contributed by atoms with Crippen molar-refractivity contribution in [1.29, 1.82) is 0 Å². The normalized spacial score (nSPS) is 24.1. The van der Waals surface area contributed by atoms with Crippen LogP contribution in [0.4, 0.5) is 0 Å². The molecule has 5 rings (SSSR count). The Balaban J connectivity index is 1.59. The number of carbonyl (C=O) groups excluding carboxylic acids is 1. The Morgan fingerprint density at radius 2 is 1.77 bits per heavy atom. The number of aromatic nitrogens is 2. The van der Waals surface area contributed by atoms with E-state index in [1.165, 1.54) is 29.6 Å². The standard InChI is InChI=1S/C23H23N5OS/c1-23(19-9-17(12-30-19)18-10-25-13-26-11-18)20(21(29)28(2)22(24)27-23)16-7-5-15(6-8-16)14-3-4-14/h5-14,20H,3-4H2,1-2H3,(H2,24,27)/t20-,23+/m0/s1. The van der Waals surface area contributed by atoms with Gasteiger partial charge in [-0.15, -0.1) is 11.3 Å². The molecular weight excluding hydrogens is 394 g/mol. The number of thiophene rings is 1. The van der Waals surface area contributed by atoms with Crippen LogP contribution in [0, 0.1) is 0 Å². The van der Waals surface area contributed by atoms with Gasteiger partial charge >= 0.3 is 0 Å². The largest absolute Gasteiger partial charge is 0.369 e. The number of nitrogens with zero attached hydrogens (tertiary/aromatic N) is 4. The highest BCUT2D eigenvalue weighted by Crippen LogP contribution is 2.47. The van der Waals surface area contributed by atoms with Crippen LogP contribution < -0.4 is 5.73 Å². The van der Waals surface area contributed by atoms with Crippen molar-refractivity contribution >= 4 is 23.2 Å². The molecule has 6 nitrogen and oxygen atoms in total. The number of hydrogen-bond acceptors (Lipinski definition) is 6. The van der Waals surface area contributed by atoms with Crippen LogP contribution in [0.15, 0.2) is 59.4 Å². The Morgan fingerprint density at radius 3 is 2.43 bits per heavy atom. The van der Waals surface area contributed by atoms with Crippen molar-refractivity contribution in [3.63, 3.8) is 0 Å². The second-order valence-corrected chi connectivity index (χ2v) is 9.13. The lowest BCUT2D eigenvalue weighted by Gasteiger charge is -2.40. The zero-order valence-corrected chi connectivity index (χ0v) is 17.8. The molecule has 2 atom stereocenters. The molecular formula is C23H23N5OS. The average molecular weight is 418 g/mol. The first-order valence-electron chi connectivity index (χ1n) is 10.0. The summed E-state index contributed by atoms with van der Waals surface area (Å²) in [6.07, 6.45) is 7.59. The molecule has 152 valence electrons. The summed E-state index contributed by atoms with van der Waals surface area (Å²) in [5.41, 5.74) is 9.63. The topological polar surface area (TPSA) is 84.5 Å². The lowest BCUT2D eigenvalue weighted by Crippen LogP contribution is -2.52. The van der Waals surface area contributed by atoms with Gasteiger partial charge in [-0.2, -0.15) is 0 Å². The van der Waals surface area contributed by atoms with Crippen LogP contribution in [0.1, 0.15) is 47.6 Å². The van der Waals surface area contributed by atoms with E-state index in [-0.39, 0.29) is 11.9 Å². The van der Waals surface area contributed by atoms with E-state index in [2.05, 4.69) is 45.7 Å². The minimum absolute atomic E-state index is 0.0397. The fraction of sp³-hybridized carbons (Fsp3) is 0.304. The molecule has 1 fully saturated rings. The third-order valence-electron chi connectivity index (χ3n) is 6.14. The monoisotopic (exact) mass is 417 g/mol. The Labute approximate surface area is 179 Å².